The average Bonchev–Trinajstić information content (AvgIpc) is 2.16. The number of aromatic amines is 1. The van der Waals surface area contributed by atoms with Crippen LogP contribution in [0.5, 0.6) is 0 Å². The van der Waals surface area contributed by atoms with E-state index in [1.807, 2.05) is 26.0 Å². The lowest BCUT2D eigenvalue weighted by atomic mass is 9.97. The lowest BCUT2D eigenvalue weighted by Gasteiger charge is -2.11. The van der Waals surface area contributed by atoms with Crippen molar-refractivity contribution in [3.8, 4) is 6.07 Å². The van der Waals surface area contributed by atoms with E-state index in [4.69, 9.17) is 5.26 Å². The molecule has 0 aliphatic rings. The molecule has 0 aromatic carbocycles. The summed E-state index contributed by atoms with van der Waals surface area (Å²) in [6.45, 7) is 8.21. The molecule has 3 heteroatoms. The first-order valence-electron chi connectivity index (χ1n) is 5.61. The number of rotatable bonds is 3. The van der Waals surface area contributed by atoms with Gasteiger partial charge in [-0.2, -0.15) is 5.26 Å². The summed E-state index contributed by atoms with van der Waals surface area (Å²) in [5.41, 5.74) is 1.77. The molecule has 16 heavy (non-hydrogen) atoms. The van der Waals surface area contributed by atoms with Gasteiger partial charge in [-0.05, 0) is 29.9 Å². The summed E-state index contributed by atoms with van der Waals surface area (Å²) < 4.78 is 0. The molecule has 0 atom stereocenters. The van der Waals surface area contributed by atoms with Crippen molar-refractivity contribution < 1.29 is 0 Å². The Morgan fingerprint density at radius 3 is 2.44 bits per heavy atom. The van der Waals surface area contributed by atoms with Gasteiger partial charge in [0.05, 0.1) is 0 Å². The summed E-state index contributed by atoms with van der Waals surface area (Å²) >= 11 is 0. The molecule has 1 aromatic heterocycles. The maximum atomic E-state index is 11.7. The zero-order valence-corrected chi connectivity index (χ0v) is 10.3. The number of H-pyrrole nitrogens is 1. The Bertz CT molecular complexity index is 464. The standard InChI is InChI=1S/C13H18N2O/c1-8(2)5-10-6-12(9(3)4)15-13(16)11(10)7-14/h6,8-9H,5H2,1-4H3,(H,15,16). The van der Waals surface area contributed by atoms with E-state index in [2.05, 4.69) is 18.8 Å². The maximum absolute atomic E-state index is 11.7. The molecule has 1 N–H and O–H groups in total. The minimum absolute atomic E-state index is 0.260. The van der Waals surface area contributed by atoms with Crippen molar-refractivity contribution in [2.45, 2.75) is 40.0 Å². The fraction of sp³-hybridized carbons (Fsp3) is 0.538. The number of aromatic nitrogens is 1. The lowest BCUT2D eigenvalue weighted by Crippen LogP contribution is -2.17. The van der Waals surface area contributed by atoms with Crippen LogP contribution in [0.25, 0.3) is 0 Å². The second-order valence-electron chi connectivity index (χ2n) is 4.82. The fourth-order valence-corrected chi connectivity index (χ4v) is 1.67. The van der Waals surface area contributed by atoms with Crippen molar-refractivity contribution in [1.29, 1.82) is 5.26 Å². The molecular weight excluding hydrogens is 200 g/mol. The van der Waals surface area contributed by atoms with E-state index in [1.54, 1.807) is 0 Å². The summed E-state index contributed by atoms with van der Waals surface area (Å²) in [7, 11) is 0. The summed E-state index contributed by atoms with van der Waals surface area (Å²) in [6.07, 6.45) is 0.770. The first kappa shape index (κ1) is 12.5. The van der Waals surface area contributed by atoms with Crippen LogP contribution in [0.4, 0.5) is 0 Å². The van der Waals surface area contributed by atoms with Gasteiger partial charge in [0.25, 0.3) is 5.56 Å². The molecule has 1 heterocycles. The third-order valence-corrected chi connectivity index (χ3v) is 2.50. The first-order valence-corrected chi connectivity index (χ1v) is 5.61. The summed E-state index contributed by atoms with van der Waals surface area (Å²) in [4.78, 5) is 14.5. The smallest absolute Gasteiger partial charge is 0.266 e. The predicted octanol–water partition coefficient (Wildman–Crippen LogP) is 2.57. The van der Waals surface area contributed by atoms with E-state index in [9.17, 15) is 4.79 Å². The van der Waals surface area contributed by atoms with Crippen LogP contribution in [0.2, 0.25) is 0 Å². The van der Waals surface area contributed by atoms with Gasteiger partial charge in [-0.1, -0.05) is 27.7 Å². The van der Waals surface area contributed by atoms with Crippen LogP contribution in [0.3, 0.4) is 0 Å². The molecule has 0 spiro atoms. The molecule has 0 unspecified atom stereocenters. The van der Waals surface area contributed by atoms with Crippen LogP contribution in [0.15, 0.2) is 10.9 Å². The molecule has 1 aromatic rings. The zero-order valence-electron chi connectivity index (χ0n) is 10.3. The van der Waals surface area contributed by atoms with Crippen LogP contribution in [0.1, 0.15) is 50.4 Å². The van der Waals surface area contributed by atoms with Crippen molar-refractivity contribution in [2.75, 3.05) is 0 Å². The third-order valence-electron chi connectivity index (χ3n) is 2.50. The molecule has 0 radical (unpaired) electrons. The van der Waals surface area contributed by atoms with Crippen molar-refractivity contribution in [3.63, 3.8) is 0 Å². The summed E-state index contributed by atoms with van der Waals surface area (Å²) in [5, 5.41) is 8.97. The number of nitrogens with zero attached hydrogens (tertiary/aromatic N) is 1. The predicted molar refractivity (Wildman–Crippen MR) is 64.4 cm³/mol. The van der Waals surface area contributed by atoms with E-state index < -0.39 is 0 Å². The number of nitriles is 1. The van der Waals surface area contributed by atoms with Crippen molar-refractivity contribution >= 4 is 0 Å². The van der Waals surface area contributed by atoms with Gasteiger partial charge in [0.2, 0.25) is 0 Å². The molecule has 86 valence electrons. The molecule has 1 rings (SSSR count). The molecule has 0 amide bonds. The Balaban J connectivity index is 3.32. The second kappa shape index (κ2) is 4.98. The van der Waals surface area contributed by atoms with Gasteiger partial charge < -0.3 is 4.98 Å². The Morgan fingerprint density at radius 2 is 2.00 bits per heavy atom. The highest BCUT2D eigenvalue weighted by Crippen LogP contribution is 2.16. The highest BCUT2D eigenvalue weighted by molar-refractivity contribution is 5.37. The molecular formula is C13H18N2O. The van der Waals surface area contributed by atoms with Crippen LogP contribution < -0.4 is 5.56 Å². The van der Waals surface area contributed by atoms with Crippen LogP contribution in [-0.2, 0) is 6.42 Å². The van der Waals surface area contributed by atoms with Gasteiger partial charge in [0.15, 0.2) is 0 Å². The second-order valence-corrected chi connectivity index (χ2v) is 4.82. The van der Waals surface area contributed by atoms with Crippen molar-refractivity contribution in [3.05, 3.63) is 33.2 Å². The highest BCUT2D eigenvalue weighted by atomic mass is 16.1. The average molecular weight is 218 g/mol. The van der Waals surface area contributed by atoms with E-state index in [1.165, 1.54) is 0 Å². The minimum Gasteiger partial charge on any atom is -0.325 e. The van der Waals surface area contributed by atoms with Gasteiger partial charge in [-0.15, -0.1) is 0 Å². The molecule has 3 nitrogen and oxygen atoms in total. The summed E-state index contributed by atoms with van der Waals surface area (Å²) in [6, 6.07) is 3.94. The van der Waals surface area contributed by atoms with Gasteiger partial charge in [-0.25, -0.2) is 0 Å². The SMILES string of the molecule is CC(C)Cc1cc(C(C)C)[nH]c(=O)c1C#N. The van der Waals surface area contributed by atoms with E-state index >= 15 is 0 Å². The van der Waals surface area contributed by atoms with Gasteiger partial charge >= 0.3 is 0 Å². The van der Waals surface area contributed by atoms with Crippen molar-refractivity contribution in [1.82, 2.24) is 4.98 Å². The van der Waals surface area contributed by atoms with Crippen LogP contribution in [0, 0.1) is 17.2 Å². The van der Waals surface area contributed by atoms with Crippen LogP contribution >= 0.6 is 0 Å². The van der Waals surface area contributed by atoms with Gasteiger partial charge in [0, 0.05) is 5.69 Å². The van der Waals surface area contributed by atoms with E-state index in [-0.39, 0.29) is 17.0 Å². The Labute approximate surface area is 96.1 Å². The molecule has 0 aliphatic heterocycles. The Kier molecular flexibility index (Phi) is 3.89. The minimum atomic E-state index is -0.260. The van der Waals surface area contributed by atoms with Crippen molar-refractivity contribution in [2.24, 2.45) is 5.92 Å². The number of hydrogen-bond donors (Lipinski definition) is 1. The molecule has 0 aliphatic carbocycles. The normalized spacial score (nSPS) is 10.8. The monoisotopic (exact) mass is 218 g/mol. The third kappa shape index (κ3) is 2.73. The number of hydrogen-bond acceptors (Lipinski definition) is 2. The largest absolute Gasteiger partial charge is 0.325 e. The Morgan fingerprint density at radius 1 is 1.38 bits per heavy atom. The first-order chi connectivity index (χ1) is 7.45. The molecule has 0 saturated carbocycles. The lowest BCUT2D eigenvalue weighted by molar-refractivity contribution is 0.642. The topological polar surface area (TPSA) is 56.6 Å². The zero-order chi connectivity index (χ0) is 12.3. The Hall–Kier alpha value is -1.56. The molecule has 0 fully saturated rings. The number of pyridine rings is 1. The molecule has 0 bridgehead atoms. The van der Waals surface area contributed by atoms with E-state index in [0.717, 1.165) is 17.7 Å². The fourth-order valence-electron chi connectivity index (χ4n) is 1.67. The molecule has 0 saturated heterocycles. The maximum Gasteiger partial charge on any atom is 0.266 e. The van der Waals surface area contributed by atoms with E-state index in [0.29, 0.717) is 5.92 Å². The van der Waals surface area contributed by atoms with Gasteiger partial charge in [-0.3, -0.25) is 4.79 Å². The highest BCUT2D eigenvalue weighted by Gasteiger charge is 2.12. The van der Waals surface area contributed by atoms with Crippen LogP contribution in [-0.4, -0.2) is 4.98 Å². The quantitative estimate of drug-likeness (QED) is 0.847. The van der Waals surface area contributed by atoms with Gasteiger partial charge in [0.1, 0.15) is 11.6 Å². The number of nitrogens with one attached hydrogen (secondary N) is 1. The summed E-state index contributed by atoms with van der Waals surface area (Å²) in [5.74, 6) is 0.709.